The zero-order chi connectivity index (χ0) is 4.99. The Balaban J connectivity index is 2.63. The van der Waals surface area contributed by atoms with Crippen molar-refractivity contribution < 1.29 is 0 Å². The van der Waals surface area contributed by atoms with Crippen LogP contribution in [0.5, 0.6) is 0 Å². The Bertz CT molecular complexity index is 25.1. The lowest BCUT2D eigenvalue weighted by Crippen LogP contribution is -2.11. The van der Waals surface area contributed by atoms with Gasteiger partial charge in [0.1, 0.15) is 0 Å². The molecule has 0 unspecified atom stereocenters. The Morgan fingerprint density at radius 3 is 2.00 bits per heavy atom. The van der Waals surface area contributed by atoms with Crippen LogP contribution in [0, 0.1) is 6.92 Å². The SMILES string of the molecule is [CH]CCN(C)C. The quantitative estimate of drug-likeness (QED) is 0.476. The van der Waals surface area contributed by atoms with E-state index in [2.05, 4.69) is 4.90 Å². The largest absolute Gasteiger partial charge is 0.309 e. The second-order valence-electron chi connectivity index (χ2n) is 1.59. The first-order chi connectivity index (χ1) is 2.77. The van der Waals surface area contributed by atoms with Crippen LogP contribution in [0.25, 0.3) is 0 Å². The molecule has 0 aromatic carbocycles. The Morgan fingerprint density at radius 2 is 2.00 bits per heavy atom. The molecule has 0 N–H and O–H groups in total. The molecule has 0 fully saturated rings. The van der Waals surface area contributed by atoms with E-state index in [1.54, 1.807) is 0 Å². The van der Waals surface area contributed by atoms with Crippen LogP contribution in [0.15, 0.2) is 0 Å². The van der Waals surface area contributed by atoms with Gasteiger partial charge in [-0.3, -0.25) is 0 Å². The summed E-state index contributed by atoms with van der Waals surface area (Å²) in [7, 11) is 4.01. The fourth-order valence-electron chi connectivity index (χ4n) is 0.258. The molecule has 1 nitrogen and oxygen atoms in total. The molecule has 0 amide bonds. The van der Waals surface area contributed by atoms with Crippen molar-refractivity contribution in [1.82, 2.24) is 4.90 Å². The summed E-state index contributed by atoms with van der Waals surface area (Å²) in [5.41, 5.74) is 0. The molecule has 0 heterocycles. The van der Waals surface area contributed by atoms with E-state index in [0.717, 1.165) is 13.0 Å². The summed E-state index contributed by atoms with van der Waals surface area (Å²) in [5, 5.41) is 0. The van der Waals surface area contributed by atoms with Gasteiger partial charge in [-0.05, 0) is 34.0 Å². The van der Waals surface area contributed by atoms with Gasteiger partial charge in [0.15, 0.2) is 0 Å². The minimum atomic E-state index is 0.757. The maximum absolute atomic E-state index is 5.19. The van der Waals surface area contributed by atoms with Gasteiger partial charge >= 0.3 is 0 Å². The number of hydrogen-bond donors (Lipinski definition) is 0. The lowest BCUT2D eigenvalue weighted by molar-refractivity contribution is 0.416. The fraction of sp³-hybridized carbons (Fsp3) is 0.800. The van der Waals surface area contributed by atoms with E-state index in [1.165, 1.54) is 0 Å². The third kappa shape index (κ3) is 3.96. The van der Waals surface area contributed by atoms with Crippen LogP contribution in [-0.2, 0) is 0 Å². The molecular formula is C5H11N. The van der Waals surface area contributed by atoms with Crippen LogP contribution in [0.3, 0.4) is 0 Å². The zero-order valence-electron chi connectivity index (χ0n) is 4.44. The van der Waals surface area contributed by atoms with Crippen molar-refractivity contribution >= 4 is 0 Å². The van der Waals surface area contributed by atoms with Crippen LogP contribution in [0.1, 0.15) is 6.42 Å². The van der Waals surface area contributed by atoms with E-state index in [9.17, 15) is 0 Å². The predicted molar refractivity (Wildman–Crippen MR) is 27.5 cm³/mol. The summed E-state index contributed by atoms with van der Waals surface area (Å²) in [6.45, 7) is 6.17. The third-order valence-electron chi connectivity index (χ3n) is 0.576. The van der Waals surface area contributed by atoms with Crippen molar-refractivity contribution in [2.24, 2.45) is 0 Å². The molecule has 36 valence electrons. The van der Waals surface area contributed by atoms with E-state index in [1.807, 2.05) is 14.1 Å². The van der Waals surface area contributed by atoms with Gasteiger partial charge in [0.2, 0.25) is 0 Å². The fourth-order valence-corrected chi connectivity index (χ4v) is 0.258. The van der Waals surface area contributed by atoms with Crippen molar-refractivity contribution in [2.45, 2.75) is 6.42 Å². The van der Waals surface area contributed by atoms with Crippen LogP contribution in [0.2, 0.25) is 0 Å². The average molecular weight is 85.1 g/mol. The molecule has 2 radical (unpaired) electrons. The number of nitrogens with zero attached hydrogens (tertiary/aromatic N) is 1. The topological polar surface area (TPSA) is 3.24 Å². The molecule has 0 rings (SSSR count). The highest BCUT2D eigenvalue weighted by molar-refractivity contribution is 4.42. The first-order valence-electron chi connectivity index (χ1n) is 2.12. The first kappa shape index (κ1) is 5.96. The first-order valence-corrected chi connectivity index (χ1v) is 2.12. The molecule has 0 aliphatic carbocycles. The summed E-state index contributed by atoms with van der Waals surface area (Å²) in [4.78, 5) is 2.06. The molecule has 0 aromatic rings. The highest BCUT2D eigenvalue weighted by Gasteiger charge is 1.79. The lowest BCUT2D eigenvalue weighted by Gasteiger charge is -2.03. The maximum Gasteiger partial charge on any atom is -0.00220 e. The van der Waals surface area contributed by atoms with E-state index in [0.29, 0.717) is 0 Å². The monoisotopic (exact) mass is 85.1 g/mol. The molecule has 6 heavy (non-hydrogen) atoms. The van der Waals surface area contributed by atoms with E-state index in [-0.39, 0.29) is 0 Å². The molecule has 1 heteroatoms. The van der Waals surface area contributed by atoms with Crippen molar-refractivity contribution in [3.63, 3.8) is 0 Å². The van der Waals surface area contributed by atoms with Crippen molar-refractivity contribution in [1.29, 1.82) is 0 Å². The number of rotatable bonds is 2. The van der Waals surface area contributed by atoms with Crippen molar-refractivity contribution in [2.75, 3.05) is 20.6 Å². The van der Waals surface area contributed by atoms with E-state index in [4.69, 9.17) is 6.92 Å². The second-order valence-corrected chi connectivity index (χ2v) is 1.59. The summed E-state index contributed by atoms with van der Waals surface area (Å²) in [6, 6.07) is 0. The highest BCUT2D eigenvalue weighted by Crippen LogP contribution is 1.75. The average Bonchev–Trinajstić information content (AvgIpc) is 1.35. The van der Waals surface area contributed by atoms with Gasteiger partial charge < -0.3 is 4.90 Å². The van der Waals surface area contributed by atoms with E-state index >= 15 is 0 Å². The molecule has 0 aromatic heterocycles. The van der Waals surface area contributed by atoms with Gasteiger partial charge in [0.05, 0.1) is 0 Å². The standard InChI is InChI=1S/C5H11N/c1-4-5-6(2)3/h1H,4-5H2,2-3H3. The van der Waals surface area contributed by atoms with Crippen molar-refractivity contribution in [3.05, 3.63) is 6.92 Å². The van der Waals surface area contributed by atoms with Gasteiger partial charge in [-0.25, -0.2) is 0 Å². The molecule has 0 aliphatic rings. The Kier molecular flexibility index (Phi) is 3.14. The van der Waals surface area contributed by atoms with Crippen LogP contribution in [-0.4, -0.2) is 25.5 Å². The van der Waals surface area contributed by atoms with Crippen LogP contribution < -0.4 is 0 Å². The minimum Gasteiger partial charge on any atom is -0.309 e. The normalized spacial score (nSPS) is 10.0. The summed E-state index contributed by atoms with van der Waals surface area (Å²) >= 11 is 0. The molecule has 0 saturated carbocycles. The summed E-state index contributed by atoms with van der Waals surface area (Å²) < 4.78 is 0. The van der Waals surface area contributed by atoms with Gasteiger partial charge in [-0.1, -0.05) is 0 Å². The molecule has 0 atom stereocenters. The van der Waals surface area contributed by atoms with Gasteiger partial charge in [-0.2, -0.15) is 0 Å². The summed E-state index contributed by atoms with van der Waals surface area (Å²) in [5.74, 6) is 0. The smallest absolute Gasteiger partial charge is 0.00220 e. The molecule has 0 saturated heterocycles. The molecule has 0 aliphatic heterocycles. The number of hydrogen-bond acceptors (Lipinski definition) is 1. The lowest BCUT2D eigenvalue weighted by atomic mass is 10.5. The second kappa shape index (κ2) is 3.16. The van der Waals surface area contributed by atoms with Gasteiger partial charge in [0.25, 0.3) is 0 Å². The molecular weight excluding hydrogens is 74.1 g/mol. The Hall–Kier alpha value is -0.0400. The van der Waals surface area contributed by atoms with Gasteiger partial charge in [0, 0.05) is 0 Å². The third-order valence-corrected chi connectivity index (χ3v) is 0.576. The predicted octanol–water partition coefficient (Wildman–Crippen LogP) is 0.649. The molecule has 0 spiro atoms. The summed E-state index contributed by atoms with van der Waals surface area (Å²) in [6.07, 6.45) is 0.757. The maximum atomic E-state index is 5.19. The Morgan fingerprint density at radius 1 is 1.50 bits per heavy atom. The van der Waals surface area contributed by atoms with Crippen LogP contribution >= 0.6 is 0 Å². The van der Waals surface area contributed by atoms with Crippen molar-refractivity contribution in [3.8, 4) is 0 Å². The zero-order valence-corrected chi connectivity index (χ0v) is 4.44. The van der Waals surface area contributed by atoms with Gasteiger partial charge in [-0.15, -0.1) is 0 Å². The van der Waals surface area contributed by atoms with E-state index < -0.39 is 0 Å². The van der Waals surface area contributed by atoms with Crippen LogP contribution in [0.4, 0.5) is 0 Å². The Labute approximate surface area is 40.0 Å². The molecule has 0 bridgehead atoms. The minimum absolute atomic E-state index is 0.757. The highest BCUT2D eigenvalue weighted by atomic mass is 15.0.